The van der Waals surface area contributed by atoms with E-state index in [-0.39, 0.29) is 23.1 Å². The molecule has 0 spiro atoms. The van der Waals surface area contributed by atoms with E-state index in [1.54, 1.807) is 24.3 Å². The van der Waals surface area contributed by atoms with Crippen LogP contribution in [0, 0.1) is 0 Å². The van der Waals surface area contributed by atoms with Crippen molar-refractivity contribution in [2.45, 2.75) is 64.2 Å². The number of ketones is 4. The van der Waals surface area contributed by atoms with Crippen LogP contribution in [0.1, 0.15) is 106 Å². The lowest BCUT2D eigenvalue weighted by molar-refractivity contribution is 0.0966. The van der Waals surface area contributed by atoms with Gasteiger partial charge < -0.3 is 0 Å². The van der Waals surface area contributed by atoms with Gasteiger partial charge in [-0.15, -0.1) is 0 Å². The van der Waals surface area contributed by atoms with Gasteiger partial charge in [0.25, 0.3) is 0 Å². The molecule has 0 saturated carbocycles. The summed E-state index contributed by atoms with van der Waals surface area (Å²) in [6.45, 7) is 0. The predicted octanol–water partition coefficient (Wildman–Crippen LogP) is 6.65. The van der Waals surface area contributed by atoms with Crippen LogP contribution in [0.25, 0.3) is 0 Å². The van der Waals surface area contributed by atoms with Crippen LogP contribution in [0.2, 0.25) is 0 Å². The number of carbonyl (C=O) groups is 4. The molecule has 0 heterocycles. The minimum Gasteiger partial charge on any atom is -0.289 e. The first kappa shape index (κ1) is 22.4. The summed E-state index contributed by atoms with van der Waals surface area (Å²) in [4.78, 5) is 52.9. The van der Waals surface area contributed by atoms with Crippen LogP contribution in [-0.2, 0) is 0 Å². The molecule has 0 saturated heterocycles. The van der Waals surface area contributed by atoms with E-state index in [0.717, 1.165) is 38.5 Å². The molecule has 0 atom stereocenters. The number of Topliss-reactive ketones (excluding diaryl/α,β-unsaturated/α-hetero) is 4. The molecule has 2 aromatic rings. The Morgan fingerprint density at radius 1 is 0.353 bits per heavy atom. The molecule has 3 aliphatic rings. The maximum atomic E-state index is 13.2. The van der Waals surface area contributed by atoms with Gasteiger partial charge in [-0.3, -0.25) is 19.2 Å². The lowest BCUT2D eigenvalue weighted by Crippen LogP contribution is -2.23. The topological polar surface area (TPSA) is 68.3 Å². The molecule has 0 radical (unpaired) electrons. The number of rotatable bonds is 0. The molecule has 0 amide bonds. The molecule has 34 heavy (non-hydrogen) atoms. The summed E-state index contributed by atoms with van der Waals surface area (Å²) in [5, 5.41) is 0. The molecule has 172 valence electrons. The Bertz CT molecular complexity index is 1080. The zero-order valence-corrected chi connectivity index (χ0v) is 19.3. The van der Waals surface area contributed by atoms with Gasteiger partial charge in [0.2, 0.25) is 0 Å². The third-order valence-corrected chi connectivity index (χ3v) is 7.36. The highest BCUT2D eigenvalue weighted by Crippen LogP contribution is 2.35. The van der Waals surface area contributed by atoms with Gasteiger partial charge in [-0.25, -0.2) is 0 Å². The highest BCUT2D eigenvalue weighted by molar-refractivity contribution is 6.27. The molecule has 2 aromatic carbocycles. The van der Waals surface area contributed by atoms with Crippen molar-refractivity contribution in [2.75, 3.05) is 0 Å². The summed E-state index contributed by atoms with van der Waals surface area (Å²) in [7, 11) is 0. The predicted molar refractivity (Wildman–Crippen MR) is 130 cm³/mol. The fraction of sp³-hybridized carbons (Fsp3) is 0.333. The standard InChI is InChI=1S/C30H28O4/c31-27-19-11-3-1-4-12-20-22(30(34)26-18-10-8-16-24(26)28(20)32)14-6-2-5-13-21(19)29(33)25-17-9-7-15-23(25)27/h7-10,15-18H,1-6,11-14H2. The molecular formula is C30H28O4. The Kier molecular flexibility index (Phi) is 6.23. The van der Waals surface area contributed by atoms with E-state index >= 15 is 0 Å². The van der Waals surface area contributed by atoms with Crippen molar-refractivity contribution in [1.29, 1.82) is 0 Å². The van der Waals surface area contributed by atoms with Crippen molar-refractivity contribution < 1.29 is 19.2 Å². The number of allylic oxidation sites excluding steroid dienone is 4. The minimum absolute atomic E-state index is 0.00745. The van der Waals surface area contributed by atoms with Crippen molar-refractivity contribution in [1.82, 2.24) is 0 Å². The largest absolute Gasteiger partial charge is 0.289 e. The minimum atomic E-state index is -0.00745. The van der Waals surface area contributed by atoms with Gasteiger partial charge in [-0.05, 0) is 51.4 Å². The summed E-state index contributed by atoms with van der Waals surface area (Å²) >= 11 is 0. The number of hydrogen-bond acceptors (Lipinski definition) is 4. The van der Waals surface area contributed by atoms with Crippen LogP contribution >= 0.6 is 0 Å². The van der Waals surface area contributed by atoms with Crippen LogP contribution in [0.5, 0.6) is 0 Å². The second-order valence-corrected chi connectivity index (χ2v) is 9.44. The van der Waals surface area contributed by atoms with E-state index in [0.29, 0.717) is 70.2 Å². The van der Waals surface area contributed by atoms with Crippen molar-refractivity contribution in [2.24, 2.45) is 0 Å². The second kappa shape index (κ2) is 9.46. The Hall–Kier alpha value is -3.40. The SMILES string of the molecule is O=C1C2=C(CCCCCC3=C(CCCCC2)C(=O)c2ccccc2C3=O)C(=O)c2ccccc21. The number of benzene rings is 2. The molecule has 4 heteroatoms. The monoisotopic (exact) mass is 452 g/mol. The number of hydrogen-bond donors (Lipinski definition) is 0. The van der Waals surface area contributed by atoms with Crippen molar-refractivity contribution in [3.05, 3.63) is 93.1 Å². The lowest BCUT2D eigenvalue weighted by Gasteiger charge is -2.23. The summed E-state index contributed by atoms with van der Waals surface area (Å²) in [5.74, 6) is -0.0298. The van der Waals surface area contributed by atoms with E-state index in [4.69, 9.17) is 0 Å². The van der Waals surface area contributed by atoms with Gasteiger partial charge in [-0.1, -0.05) is 61.4 Å². The van der Waals surface area contributed by atoms with Crippen LogP contribution in [0.4, 0.5) is 0 Å². The summed E-state index contributed by atoms with van der Waals surface area (Å²) in [6.07, 6.45) is 7.10. The van der Waals surface area contributed by atoms with Gasteiger partial charge in [0.05, 0.1) is 0 Å². The third kappa shape index (κ3) is 3.91. The molecule has 0 fully saturated rings. The Labute approximate surface area is 199 Å². The van der Waals surface area contributed by atoms with E-state index in [1.807, 2.05) is 24.3 Å². The first-order valence-corrected chi connectivity index (χ1v) is 12.4. The summed E-state index contributed by atoms with van der Waals surface area (Å²) in [6, 6.07) is 14.2. The summed E-state index contributed by atoms with van der Waals surface area (Å²) < 4.78 is 0. The summed E-state index contributed by atoms with van der Waals surface area (Å²) in [5.41, 5.74) is 4.80. The second-order valence-electron chi connectivity index (χ2n) is 9.44. The molecule has 0 bridgehead atoms. The fourth-order valence-electron chi connectivity index (χ4n) is 5.57. The van der Waals surface area contributed by atoms with E-state index < -0.39 is 0 Å². The highest BCUT2D eigenvalue weighted by atomic mass is 16.1. The smallest absolute Gasteiger partial charge is 0.190 e. The van der Waals surface area contributed by atoms with Crippen LogP contribution in [0.15, 0.2) is 70.8 Å². The van der Waals surface area contributed by atoms with E-state index in [1.165, 1.54) is 0 Å². The van der Waals surface area contributed by atoms with Gasteiger partial charge in [-0.2, -0.15) is 0 Å². The van der Waals surface area contributed by atoms with E-state index in [2.05, 4.69) is 0 Å². The molecular weight excluding hydrogens is 424 g/mol. The molecule has 0 N–H and O–H groups in total. The van der Waals surface area contributed by atoms with Gasteiger partial charge >= 0.3 is 0 Å². The van der Waals surface area contributed by atoms with Gasteiger partial charge in [0.1, 0.15) is 0 Å². The maximum Gasteiger partial charge on any atom is 0.190 e. The van der Waals surface area contributed by atoms with Crippen LogP contribution in [0.3, 0.4) is 0 Å². The average molecular weight is 453 g/mol. The van der Waals surface area contributed by atoms with Crippen molar-refractivity contribution in [3.8, 4) is 0 Å². The van der Waals surface area contributed by atoms with Crippen LogP contribution in [-0.4, -0.2) is 23.1 Å². The van der Waals surface area contributed by atoms with Gasteiger partial charge in [0, 0.05) is 44.5 Å². The molecule has 4 nitrogen and oxygen atoms in total. The highest BCUT2D eigenvalue weighted by Gasteiger charge is 2.33. The molecule has 3 aliphatic carbocycles. The zero-order valence-electron chi connectivity index (χ0n) is 19.3. The van der Waals surface area contributed by atoms with Crippen molar-refractivity contribution in [3.63, 3.8) is 0 Å². The number of carbonyl (C=O) groups excluding carboxylic acids is 4. The fourth-order valence-corrected chi connectivity index (χ4v) is 5.57. The normalized spacial score (nSPS) is 19.8. The van der Waals surface area contributed by atoms with Gasteiger partial charge in [0.15, 0.2) is 23.1 Å². The number of fused-ring (bicyclic) bond motifs is 2. The zero-order chi connectivity index (χ0) is 23.7. The quantitative estimate of drug-likeness (QED) is 0.449. The Balaban J connectivity index is 1.39. The average Bonchev–Trinajstić information content (AvgIpc) is 2.86. The molecule has 5 rings (SSSR count). The van der Waals surface area contributed by atoms with E-state index in [9.17, 15) is 19.2 Å². The maximum absolute atomic E-state index is 13.2. The Morgan fingerprint density at radius 3 is 0.824 bits per heavy atom. The molecule has 0 unspecified atom stereocenters. The molecule has 0 aliphatic heterocycles. The lowest BCUT2D eigenvalue weighted by atomic mass is 9.78. The molecule has 0 aromatic heterocycles. The third-order valence-electron chi connectivity index (χ3n) is 7.36. The first-order chi connectivity index (χ1) is 16.6. The first-order valence-electron chi connectivity index (χ1n) is 12.4. The van der Waals surface area contributed by atoms with Crippen LogP contribution < -0.4 is 0 Å². The van der Waals surface area contributed by atoms with Crippen molar-refractivity contribution >= 4 is 23.1 Å². The Morgan fingerprint density at radius 2 is 0.588 bits per heavy atom.